The molecule has 1 aromatic rings. The minimum Gasteiger partial charge on any atom is -0.310 e. The standard InChI is InChI=1S/C12H17N.ClH/c1-9-6-10(2)8-11(7-9)12-4-3-5-13-12;/h6-8,12-13H,3-5H2,1-2H3;1H. The highest BCUT2D eigenvalue weighted by Gasteiger charge is 2.15. The van der Waals surface area contributed by atoms with Gasteiger partial charge in [-0.25, -0.2) is 0 Å². The van der Waals surface area contributed by atoms with Crippen LogP contribution in [0.4, 0.5) is 0 Å². The maximum Gasteiger partial charge on any atom is 0.0320 e. The fourth-order valence-corrected chi connectivity index (χ4v) is 2.18. The predicted octanol–water partition coefficient (Wildman–Crippen LogP) is 3.15. The molecule has 1 aliphatic rings. The summed E-state index contributed by atoms with van der Waals surface area (Å²) >= 11 is 0. The second-order valence-electron chi connectivity index (χ2n) is 4.07. The van der Waals surface area contributed by atoms with Gasteiger partial charge in [-0.05, 0) is 38.8 Å². The Balaban J connectivity index is 0.000000980. The molecule has 0 saturated carbocycles. The first-order valence-corrected chi connectivity index (χ1v) is 5.07. The van der Waals surface area contributed by atoms with E-state index in [-0.39, 0.29) is 12.4 Å². The van der Waals surface area contributed by atoms with Crippen molar-refractivity contribution in [1.82, 2.24) is 5.32 Å². The molecule has 2 heteroatoms. The van der Waals surface area contributed by atoms with Gasteiger partial charge in [0.05, 0.1) is 0 Å². The molecule has 0 bridgehead atoms. The summed E-state index contributed by atoms with van der Waals surface area (Å²) in [7, 11) is 0. The van der Waals surface area contributed by atoms with E-state index in [0.29, 0.717) is 6.04 Å². The van der Waals surface area contributed by atoms with Crippen LogP contribution in [0, 0.1) is 13.8 Å². The van der Waals surface area contributed by atoms with Crippen molar-refractivity contribution >= 4 is 12.4 Å². The predicted molar refractivity (Wildman–Crippen MR) is 63.1 cm³/mol. The molecule has 1 unspecified atom stereocenters. The molecule has 1 fully saturated rings. The number of aryl methyl sites for hydroxylation is 2. The Morgan fingerprint density at radius 3 is 2.29 bits per heavy atom. The summed E-state index contributed by atoms with van der Waals surface area (Å²) in [6.45, 7) is 5.52. The smallest absolute Gasteiger partial charge is 0.0320 e. The molecule has 1 nitrogen and oxygen atoms in total. The van der Waals surface area contributed by atoms with Gasteiger partial charge in [0.2, 0.25) is 0 Å². The Bertz CT molecular complexity index is 283. The molecule has 1 aromatic carbocycles. The average molecular weight is 212 g/mol. The van der Waals surface area contributed by atoms with Gasteiger partial charge in [0.25, 0.3) is 0 Å². The van der Waals surface area contributed by atoms with Gasteiger partial charge in [0, 0.05) is 6.04 Å². The van der Waals surface area contributed by atoms with E-state index in [0.717, 1.165) is 0 Å². The third-order valence-corrected chi connectivity index (χ3v) is 2.71. The van der Waals surface area contributed by atoms with Crippen molar-refractivity contribution in [2.45, 2.75) is 32.7 Å². The van der Waals surface area contributed by atoms with Crippen molar-refractivity contribution in [2.24, 2.45) is 0 Å². The van der Waals surface area contributed by atoms with Gasteiger partial charge in [-0.15, -0.1) is 12.4 Å². The summed E-state index contributed by atoms with van der Waals surface area (Å²) in [6.07, 6.45) is 2.61. The molecule has 0 spiro atoms. The minimum atomic E-state index is 0. The monoisotopic (exact) mass is 211 g/mol. The lowest BCUT2D eigenvalue weighted by molar-refractivity contribution is 0.647. The highest BCUT2D eigenvalue weighted by atomic mass is 35.5. The second kappa shape index (κ2) is 4.81. The largest absolute Gasteiger partial charge is 0.310 e. The molecule has 2 rings (SSSR count). The van der Waals surface area contributed by atoms with E-state index in [2.05, 4.69) is 37.4 Å². The molecule has 0 amide bonds. The van der Waals surface area contributed by atoms with Crippen LogP contribution >= 0.6 is 12.4 Å². The molecular formula is C12H18ClN. The van der Waals surface area contributed by atoms with Crippen molar-refractivity contribution in [3.05, 3.63) is 34.9 Å². The zero-order chi connectivity index (χ0) is 9.26. The van der Waals surface area contributed by atoms with Gasteiger partial charge < -0.3 is 5.32 Å². The topological polar surface area (TPSA) is 12.0 Å². The lowest BCUT2D eigenvalue weighted by Gasteiger charge is -2.12. The zero-order valence-corrected chi connectivity index (χ0v) is 9.66. The molecule has 0 aliphatic carbocycles. The van der Waals surface area contributed by atoms with Crippen LogP contribution in [0.25, 0.3) is 0 Å². The second-order valence-corrected chi connectivity index (χ2v) is 4.07. The van der Waals surface area contributed by atoms with E-state index in [1.54, 1.807) is 0 Å². The number of nitrogens with one attached hydrogen (secondary N) is 1. The number of hydrogen-bond donors (Lipinski definition) is 1. The first-order chi connectivity index (χ1) is 6.25. The van der Waals surface area contributed by atoms with Crippen LogP contribution in [-0.4, -0.2) is 6.54 Å². The zero-order valence-electron chi connectivity index (χ0n) is 8.84. The van der Waals surface area contributed by atoms with E-state index in [9.17, 15) is 0 Å². The molecule has 1 saturated heterocycles. The lowest BCUT2D eigenvalue weighted by atomic mass is 10.0. The Morgan fingerprint density at radius 1 is 1.14 bits per heavy atom. The third kappa shape index (κ3) is 2.49. The summed E-state index contributed by atoms with van der Waals surface area (Å²) < 4.78 is 0. The molecular weight excluding hydrogens is 194 g/mol. The van der Waals surface area contributed by atoms with Crippen molar-refractivity contribution < 1.29 is 0 Å². The number of benzene rings is 1. The first-order valence-electron chi connectivity index (χ1n) is 5.07. The average Bonchev–Trinajstić information content (AvgIpc) is 2.53. The van der Waals surface area contributed by atoms with Gasteiger partial charge in [-0.2, -0.15) is 0 Å². The van der Waals surface area contributed by atoms with Gasteiger partial charge in [-0.1, -0.05) is 29.3 Å². The summed E-state index contributed by atoms with van der Waals surface area (Å²) in [4.78, 5) is 0. The van der Waals surface area contributed by atoms with E-state index in [1.165, 1.54) is 36.1 Å². The Hall–Kier alpha value is -0.530. The summed E-state index contributed by atoms with van der Waals surface area (Å²) in [5, 5.41) is 3.53. The highest BCUT2D eigenvalue weighted by Crippen LogP contribution is 2.24. The van der Waals surface area contributed by atoms with Crippen LogP contribution in [0.5, 0.6) is 0 Å². The van der Waals surface area contributed by atoms with Crippen molar-refractivity contribution in [1.29, 1.82) is 0 Å². The molecule has 1 heterocycles. The Labute approximate surface area is 92.3 Å². The van der Waals surface area contributed by atoms with Gasteiger partial charge in [0.15, 0.2) is 0 Å². The Kier molecular flexibility index (Phi) is 3.97. The van der Waals surface area contributed by atoms with Crippen LogP contribution in [-0.2, 0) is 0 Å². The van der Waals surface area contributed by atoms with E-state index in [4.69, 9.17) is 0 Å². The van der Waals surface area contributed by atoms with Crippen LogP contribution in [0.2, 0.25) is 0 Å². The van der Waals surface area contributed by atoms with E-state index in [1.807, 2.05) is 0 Å². The van der Waals surface area contributed by atoms with Crippen LogP contribution in [0.3, 0.4) is 0 Å². The van der Waals surface area contributed by atoms with Crippen LogP contribution < -0.4 is 5.32 Å². The highest BCUT2D eigenvalue weighted by molar-refractivity contribution is 5.85. The summed E-state index contributed by atoms with van der Waals surface area (Å²) in [5.74, 6) is 0. The number of halogens is 1. The minimum absolute atomic E-state index is 0. The normalized spacial score (nSPS) is 20.6. The van der Waals surface area contributed by atoms with Gasteiger partial charge >= 0.3 is 0 Å². The fourth-order valence-electron chi connectivity index (χ4n) is 2.18. The molecule has 78 valence electrons. The van der Waals surface area contributed by atoms with Gasteiger partial charge in [-0.3, -0.25) is 0 Å². The molecule has 1 atom stereocenters. The quantitative estimate of drug-likeness (QED) is 0.753. The lowest BCUT2D eigenvalue weighted by Crippen LogP contribution is -2.12. The number of rotatable bonds is 1. The molecule has 0 radical (unpaired) electrons. The van der Waals surface area contributed by atoms with E-state index >= 15 is 0 Å². The maximum atomic E-state index is 3.53. The van der Waals surface area contributed by atoms with Crippen LogP contribution in [0.15, 0.2) is 18.2 Å². The van der Waals surface area contributed by atoms with Crippen molar-refractivity contribution in [3.63, 3.8) is 0 Å². The summed E-state index contributed by atoms with van der Waals surface area (Å²) in [5.41, 5.74) is 4.22. The SMILES string of the molecule is Cc1cc(C)cc(C2CCCN2)c1.Cl. The first kappa shape index (κ1) is 11.5. The Morgan fingerprint density at radius 2 is 1.79 bits per heavy atom. The molecule has 0 aromatic heterocycles. The van der Waals surface area contributed by atoms with Crippen molar-refractivity contribution in [2.75, 3.05) is 6.54 Å². The molecule has 14 heavy (non-hydrogen) atoms. The van der Waals surface area contributed by atoms with Crippen molar-refractivity contribution in [3.8, 4) is 0 Å². The van der Waals surface area contributed by atoms with Gasteiger partial charge in [0.1, 0.15) is 0 Å². The van der Waals surface area contributed by atoms with E-state index < -0.39 is 0 Å². The number of hydrogen-bond acceptors (Lipinski definition) is 1. The fraction of sp³-hybridized carbons (Fsp3) is 0.500. The third-order valence-electron chi connectivity index (χ3n) is 2.71. The van der Waals surface area contributed by atoms with Crippen LogP contribution in [0.1, 0.15) is 35.6 Å². The molecule has 1 aliphatic heterocycles. The maximum absolute atomic E-state index is 3.53. The molecule has 1 N–H and O–H groups in total. The summed E-state index contributed by atoms with van der Waals surface area (Å²) in [6, 6.07) is 7.45.